The van der Waals surface area contributed by atoms with Gasteiger partial charge in [0.15, 0.2) is 0 Å². The van der Waals surface area contributed by atoms with Gasteiger partial charge in [0, 0.05) is 30.0 Å². The van der Waals surface area contributed by atoms with Crippen LogP contribution in [0.15, 0.2) is 24.3 Å². The van der Waals surface area contributed by atoms with Crippen molar-refractivity contribution in [2.45, 2.75) is 31.2 Å². The fourth-order valence-electron chi connectivity index (χ4n) is 3.40. The second kappa shape index (κ2) is 9.81. The van der Waals surface area contributed by atoms with Crippen molar-refractivity contribution < 1.29 is 29.3 Å². The van der Waals surface area contributed by atoms with E-state index < -0.39 is 23.9 Å². The van der Waals surface area contributed by atoms with Crippen LogP contribution < -0.4 is 26.8 Å². The summed E-state index contributed by atoms with van der Waals surface area (Å²) in [6, 6.07) is 4.91. The molecule has 1 unspecified atom stereocenters. The predicted molar refractivity (Wildman–Crippen MR) is 114 cm³/mol. The molecular weight excluding hydrogens is 420 g/mol. The van der Waals surface area contributed by atoms with Gasteiger partial charge in [0.1, 0.15) is 23.4 Å². The smallest absolute Gasteiger partial charge is 0.326 e. The number of carboxylic acids is 2. The maximum atomic E-state index is 12.3. The van der Waals surface area contributed by atoms with E-state index in [-0.39, 0.29) is 30.3 Å². The Morgan fingerprint density at radius 2 is 1.91 bits per heavy atom. The van der Waals surface area contributed by atoms with E-state index in [1.807, 2.05) is 0 Å². The minimum Gasteiger partial charge on any atom is -0.494 e. The molecule has 0 saturated carbocycles. The van der Waals surface area contributed by atoms with Gasteiger partial charge in [0.05, 0.1) is 6.61 Å². The zero-order chi connectivity index (χ0) is 23.3. The van der Waals surface area contributed by atoms with Gasteiger partial charge in [-0.25, -0.2) is 4.79 Å². The number of carbonyl (C=O) groups is 3. The van der Waals surface area contributed by atoms with Gasteiger partial charge in [0.2, 0.25) is 5.95 Å². The molecule has 0 spiro atoms. The van der Waals surface area contributed by atoms with Gasteiger partial charge in [-0.05, 0) is 37.1 Å². The van der Waals surface area contributed by atoms with Crippen molar-refractivity contribution in [2.75, 3.05) is 29.9 Å². The third-order valence-electron chi connectivity index (χ3n) is 5.02. The SMILES string of the molecule is Nc1nc(N)c2c(n1)NCC2CCOc1ccc(C(=O)N[C@@H](CCC(=O)O)C(=O)O)cc1. The average Bonchev–Trinajstić information content (AvgIpc) is 3.14. The number of nitrogens with two attached hydrogens (primary N) is 2. The summed E-state index contributed by atoms with van der Waals surface area (Å²) in [6.45, 7) is 1.03. The maximum absolute atomic E-state index is 12.3. The molecule has 2 atom stereocenters. The molecule has 12 heteroatoms. The first-order valence-electron chi connectivity index (χ1n) is 9.89. The summed E-state index contributed by atoms with van der Waals surface area (Å²) in [4.78, 5) is 42.3. The number of aliphatic carboxylic acids is 2. The Kier molecular flexibility index (Phi) is 6.93. The van der Waals surface area contributed by atoms with Crippen LogP contribution in [-0.4, -0.2) is 57.2 Å². The lowest BCUT2D eigenvalue weighted by atomic mass is 10.0. The van der Waals surface area contributed by atoms with Crippen molar-refractivity contribution in [2.24, 2.45) is 0 Å². The second-order valence-electron chi connectivity index (χ2n) is 7.27. The van der Waals surface area contributed by atoms with Gasteiger partial charge in [-0.2, -0.15) is 9.97 Å². The molecule has 2 aromatic rings. The number of benzene rings is 1. The van der Waals surface area contributed by atoms with E-state index in [0.717, 1.165) is 5.56 Å². The lowest BCUT2D eigenvalue weighted by molar-refractivity contribution is -0.140. The van der Waals surface area contributed by atoms with Crippen LogP contribution in [0.2, 0.25) is 0 Å². The number of nitrogens with one attached hydrogen (secondary N) is 2. The van der Waals surface area contributed by atoms with E-state index in [2.05, 4.69) is 20.6 Å². The fraction of sp³-hybridized carbons (Fsp3) is 0.350. The number of rotatable bonds is 10. The lowest BCUT2D eigenvalue weighted by Crippen LogP contribution is -2.41. The first kappa shape index (κ1) is 22.6. The van der Waals surface area contributed by atoms with Crippen LogP contribution in [0.1, 0.15) is 41.1 Å². The van der Waals surface area contributed by atoms with Crippen LogP contribution in [0.4, 0.5) is 17.6 Å². The van der Waals surface area contributed by atoms with E-state index in [1.54, 1.807) is 12.1 Å². The maximum Gasteiger partial charge on any atom is 0.326 e. The Labute approximate surface area is 183 Å². The van der Waals surface area contributed by atoms with Crippen molar-refractivity contribution in [3.05, 3.63) is 35.4 Å². The van der Waals surface area contributed by atoms with Crippen LogP contribution in [-0.2, 0) is 9.59 Å². The molecule has 1 amide bonds. The minimum atomic E-state index is -1.30. The van der Waals surface area contributed by atoms with Crippen molar-refractivity contribution >= 4 is 35.4 Å². The van der Waals surface area contributed by atoms with E-state index in [9.17, 15) is 14.4 Å². The highest BCUT2D eigenvalue weighted by Gasteiger charge is 2.27. The number of carbonyl (C=O) groups excluding carboxylic acids is 1. The van der Waals surface area contributed by atoms with Crippen molar-refractivity contribution in [1.82, 2.24) is 15.3 Å². The van der Waals surface area contributed by atoms with E-state index in [0.29, 0.717) is 37.0 Å². The van der Waals surface area contributed by atoms with Gasteiger partial charge < -0.3 is 37.1 Å². The molecule has 1 aliphatic heterocycles. The van der Waals surface area contributed by atoms with Gasteiger partial charge in [-0.3, -0.25) is 9.59 Å². The number of carboxylic acid groups (broad SMARTS) is 2. The number of hydrogen-bond acceptors (Lipinski definition) is 9. The first-order chi connectivity index (χ1) is 15.2. The Bertz CT molecular complexity index is 1010. The summed E-state index contributed by atoms with van der Waals surface area (Å²) in [5, 5.41) is 23.3. The predicted octanol–water partition coefficient (Wildman–Crippen LogP) is 0.667. The summed E-state index contributed by atoms with van der Waals surface area (Å²) < 4.78 is 5.74. The Morgan fingerprint density at radius 1 is 1.19 bits per heavy atom. The van der Waals surface area contributed by atoms with Crippen molar-refractivity contribution in [3.8, 4) is 5.75 Å². The Morgan fingerprint density at radius 3 is 2.56 bits per heavy atom. The topological polar surface area (TPSA) is 203 Å². The van der Waals surface area contributed by atoms with E-state index in [4.69, 9.17) is 26.4 Å². The molecule has 2 heterocycles. The number of nitrogen functional groups attached to an aromatic ring is 2. The molecule has 8 N–H and O–H groups in total. The van der Waals surface area contributed by atoms with Crippen LogP contribution in [0.5, 0.6) is 5.75 Å². The second-order valence-corrected chi connectivity index (χ2v) is 7.27. The number of aromatic nitrogens is 2. The first-order valence-corrected chi connectivity index (χ1v) is 9.89. The number of anilines is 3. The number of nitrogens with zero attached hydrogens (tertiary/aromatic N) is 2. The van der Waals surface area contributed by atoms with Crippen LogP contribution in [0, 0.1) is 0 Å². The highest BCUT2D eigenvalue weighted by Crippen LogP contribution is 2.36. The number of hydrogen-bond donors (Lipinski definition) is 6. The molecule has 0 radical (unpaired) electrons. The standard InChI is InChI=1S/C20H24N6O6/c21-16-15-11(9-23-17(15)26-20(22)25-16)7-8-32-12-3-1-10(2-4-12)18(29)24-13(19(30)31)5-6-14(27)28/h1-4,11,13H,5-9H2,(H,24,29)(H,27,28)(H,30,31)(H5,21,22,23,25,26)/t11?,13-/m0/s1. The molecular formula is C20H24N6O6. The summed E-state index contributed by atoms with van der Waals surface area (Å²) in [5.74, 6) is -1.33. The molecule has 0 fully saturated rings. The van der Waals surface area contributed by atoms with Gasteiger partial charge in [0.25, 0.3) is 5.91 Å². The molecule has 1 aromatic carbocycles. The average molecular weight is 444 g/mol. The quantitative estimate of drug-likeness (QED) is 0.300. The monoisotopic (exact) mass is 444 g/mol. The van der Waals surface area contributed by atoms with Crippen molar-refractivity contribution in [3.63, 3.8) is 0 Å². The molecule has 3 rings (SSSR count). The molecule has 12 nitrogen and oxygen atoms in total. The summed E-state index contributed by atoms with van der Waals surface area (Å²) in [6.07, 6.45) is 0.0820. The highest BCUT2D eigenvalue weighted by atomic mass is 16.5. The van der Waals surface area contributed by atoms with Gasteiger partial charge in [-0.15, -0.1) is 0 Å². The van der Waals surface area contributed by atoms with Crippen LogP contribution >= 0.6 is 0 Å². The molecule has 0 saturated heterocycles. The third kappa shape index (κ3) is 5.53. The molecule has 32 heavy (non-hydrogen) atoms. The molecule has 0 bridgehead atoms. The number of ether oxygens (including phenoxy) is 1. The summed E-state index contributed by atoms with van der Waals surface area (Å²) in [5.41, 5.74) is 12.6. The van der Waals surface area contributed by atoms with E-state index in [1.165, 1.54) is 12.1 Å². The number of amides is 1. The largest absolute Gasteiger partial charge is 0.494 e. The van der Waals surface area contributed by atoms with Crippen molar-refractivity contribution in [1.29, 1.82) is 0 Å². The normalized spacial score (nSPS) is 15.3. The minimum absolute atomic E-state index is 0.0782. The Hall–Kier alpha value is -4.09. The fourth-order valence-corrected chi connectivity index (χ4v) is 3.40. The van der Waals surface area contributed by atoms with Gasteiger partial charge in [-0.1, -0.05) is 0 Å². The summed E-state index contributed by atoms with van der Waals surface area (Å²) >= 11 is 0. The van der Waals surface area contributed by atoms with Crippen LogP contribution in [0.3, 0.4) is 0 Å². The zero-order valence-corrected chi connectivity index (χ0v) is 17.1. The molecule has 0 aliphatic carbocycles. The van der Waals surface area contributed by atoms with Crippen LogP contribution in [0.25, 0.3) is 0 Å². The van der Waals surface area contributed by atoms with Gasteiger partial charge >= 0.3 is 11.9 Å². The molecule has 1 aromatic heterocycles. The Balaban J connectivity index is 1.52. The zero-order valence-electron chi connectivity index (χ0n) is 17.1. The number of fused-ring (bicyclic) bond motifs is 1. The molecule has 1 aliphatic rings. The molecule has 170 valence electrons. The lowest BCUT2D eigenvalue weighted by Gasteiger charge is -2.14. The third-order valence-corrected chi connectivity index (χ3v) is 5.02. The highest BCUT2D eigenvalue weighted by molar-refractivity contribution is 5.96. The van der Waals surface area contributed by atoms with E-state index >= 15 is 0 Å². The summed E-state index contributed by atoms with van der Waals surface area (Å²) in [7, 11) is 0.